The zero-order valence-corrected chi connectivity index (χ0v) is 29.8. The Morgan fingerprint density at radius 3 is 2.71 bits per heavy atom. The molecule has 0 radical (unpaired) electrons. The number of nitrogens with zero attached hydrogens (tertiary/aromatic N) is 3. The number of carbonyl (C=O) groups is 3. The van der Waals surface area contributed by atoms with Gasteiger partial charge in [0.2, 0.25) is 0 Å². The van der Waals surface area contributed by atoms with E-state index in [1.54, 1.807) is 0 Å². The van der Waals surface area contributed by atoms with Crippen molar-refractivity contribution in [3.63, 3.8) is 0 Å². The molecule has 1 saturated carbocycles. The SMILES string of the molecule is Cc1c(OCC2CC3(CCN(CC=O)CC3)C2)ccc(N2CCc3cccc(C(=O)Nc4nc5ccccc5s4)c3C2)c1C1CCNC1C(=O)O. The highest BCUT2D eigenvalue weighted by atomic mass is 32.1. The number of rotatable bonds is 10. The second kappa shape index (κ2) is 14.0. The van der Waals surface area contributed by atoms with Crippen LogP contribution in [-0.4, -0.2) is 78.5 Å². The third-order valence-electron chi connectivity index (χ3n) is 11.8. The molecule has 2 saturated heterocycles. The van der Waals surface area contributed by atoms with Gasteiger partial charge < -0.3 is 24.9 Å². The number of likely N-dealkylation sites (tertiary alicyclic amines) is 1. The van der Waals surface area contributed by atoms with Crippen molar-refractivity contribution in [2.24, 2.45) is 11.3 Å². The number of carbonyl (C=O) groups excluding carboxylic acids is 2. The quantitative estimate of drug-likeness (QED) is 0.170. The highest BCUT2D eigenvalue weighted by Gasteiger charge is 2.46. The maximum atomic E-state index is 13.7. The third-order valence-corrected chi connectivity index (χ3v) is 12.8. The van der Waals surface area contributed by atoms with Crippen molar-refractivity contribution in [2.45, 2.75) is 64.0 Å². The van der Waals surface area contributed by atoms with E-state index >= 15 is 0 Å². The lowest BCUT2D eigenvalue weighted by atomic mass is 9.58. The molecule has 1 spiro atoms. The van der Waals surface area contributed by atoms with Gasteiger partial charge in [0, 0.05) is 30.3 Å². The first-order chi connectivity index (χ1) is 24.8. The zero-order chi connectivity index (χ0) is 35.1. The highest BCUT2D eigenvalue weighted by Crippen LogP contribution is 2.53. The van der Waals surface area contributed by atoms with E-state index in [0.717, 1.165) is 108 Å². The van der Waals surface area contributed by atoms with E-state index in [4.69, 9.17) is 4.74 Å². The molecule has 3 aromatic carbocycles. The van der Waals surface area contributed by atoms with Crippen molar-refractivity contribution in [1.82, 2.24) is 15.2 Å². The van der Waals surface area contributed by atoms with Gasteiger partial charge >= 0.3 is 5.97 Å². The Morgan fingerprint density at radius 1 is 1.10 bits per heavy atom. The van der Waals surface area contributed by atoms with E-state index in [9.17, 15) is 19.5 Å². The third kappa shape index (κ3) is 6.63. The summed E-state index contributed by atoms with van der Waals surface area (Å²) in [5.41, 5.74) is 7.05. The van der Waals surface area contributed by atoms with Crippen LogP contribution in [0.4, 0.5) is 10.8 Å². The van der Waals surface area contributed by atoms with Crippen molar-refractivity contribution in [2.75, 3.05) is 49.5 Å². The van der Waals surface area contributed by atoms with Gasteiger partial charge in [-0.1, -0.05) is 35.6 Å². The summed E-state index contributed by atoms with van der Waals surface area (Å²) < 4.78 is 7.58. The molecule has 10 nitrogen and oxygen atoms in total. The van der Waals surface area contributed by atoms with Gasteiger partial charge in [-0.25, -0.2) is 4.98 Å². The molecule has 8 rings (SSSR count). The van der Waals surface area contributed by atoms with E-state index in [0.29, 0.717) is 48.3 Å². The smallest absolute Gasteiger partial charge is 0.321 e. The molecule has 3 fully saturated rings. The summed E-state index contributed by atoms with van der Waals surface area (Å²) in [4.78, 5) is 46.3. The van der Waals surface area contributed by atoms with Gasteiger partial charge in [0.15, 0.2) is 5.13 Å². The first kappa shape index (κ1) is 33.8. The van der Waals surface area contributed by atoms with E-state index in [1.165, 1.54) is 11.3 Å². The van der Waals surface area contributed by atoms with E-state index in [-0.39, 0.29) is 11.8 Å². The number of aliphatic carboxylic acids is 1. The van der Waals surface area contributed by atoms with Crippen molar-refractivity contribution in [3.8, 4) is 5.75 Å². The molecule has 0 bridgehead atoms. The minimum absolute atomic E-state index is 0.178. The molecular formula is C40H45N5O5S. The Labute approximate surface area is 302 Å². The van der Waals surface area contributed by atoms with Crippen LogP contribution in [0.3, 0.4) is 0 Å². The lowest BCUT2D eigenvalue weighted by Gasteiger charge is -2.52. The molecule has 51 heavy (non-hydrogen) atoms. The molecule has 3 N–H and O–H groups in total. The molecule has 266 valence electrons. The number of thiazole rings is 1. The fraction of sp³-hybridized carbons (Fsp3) is 0.450. The Balaban J connectivity index is 1.02. The summed E-state index contributed by atoms with van der Waals surface area (Å²) in [5.74, 6) is 0.0912. The molecule has 2 atom stereocenters. The summed E-state index contributed by atoms with van der Waals surface area (Å²) in [5, 5.41) is 17.1. The van der Waals surface area contributed by atoms with Crippen molar-refractivity contribution in [1.29, 1.82) is 0 Å². The number of aromatic nitrogens is 1. The van der Waals surface area contributed by atoms with Crippen LogP contribution in [0.1, 0.15) is 70.6 Å². The second-order valence-corrected chi connectivity index (χ2v) is 15.9. The number of piperidine rings is 1. The topological polar surface area (TPSA) is 124 Å². The molecule has 4 aromatic rings. The van der Waals surface area contributed by atoms with Crippen LogP contribution in [0.25, 0.3) is 10.2 Å². The molecule has 4 aliphatic rings. The molecular weight excluding hydrogens is 663 g/mol. The van der Waals surface area contributed by atoms with Gasteiger partial charge in [-0.05, 0) is 129 Å². The van der Waals surface area contributed by atoms with Crippen LogP contribution in [0.5, 0.6) is 5.75 Å². The molecule has 1 aromatic heterocycles. The Bertz CT molecular complexity index is 1930. The summed E-state index contributed by atoms with van der Waals surface area (Å²) in [6.45, 7) is 7.18. The normalized spacial score (nSPS) is 21.7. The fourth-order valence-corrected chi connectivity index (χ4v) is 10.0. The van der Waals surface area contributed by atoms with Crippen molar-refractivity contribution >= 4 is 50.5 Å². The Kier molecular flexibility index (Phi) is 9.29. The standard InChI is InChI=1S/C40H45N5O5S/c1-25-33(50-24-26-21-40(22-26)13-17-44(18-14-40)19-20-46)10-9-32(35(25)29-11-15-41-36(29)38(48)49)45-16-12-27-5-4-6-28(30(27)23-45)37(47)43-39-42-31-7-2-3-8-34(31)51-39/h2-10,20,26,29,36,41H,11-19,21-24H2,1H3,(H,48,49)(H,42,43,47). The summed E-state index contributed by atoms with van der Waals surface area (Å²) in [6.07, 6.45) is 7.10. The number of hydrogen-bond acceptors (Lipinski definition) is 9. The highest BCUT2D eigenvalue weighted by molar-refractivity contribution is 7.22. The Morgan fingerprint density at radius 2 is 1.92 bits per heavy atom. The van der Waals surface area contributed by atoms with Crippen LogP contribution < -0.4 is 20.3 Å². The number of carboxylic acid groups (broad SMARTS) is 1. The number of fused-ring (bicyclic) bond motifs is 2. The number of aldehydes is 1. The number of carboxylic acids is 1. The average molecular weight is 708 g/mol. The number of benzene rings is 3. The molecule has 11 heteroatoms. The van der Waals surface area contributed by atoms with Gasteiger partial charge in [0.25, 0.3) is 5.91 Å². The summed E-state index contributed by atoms with van der Waals surface area (Å²) in [6, 6.07) is 17.3. The van der Waals surface area contributed by atoms with E-state index in [2.05, 4.69) is 50.5 Å². The van der Waals surface area contributed by atoms with Gasteiger partial charge in [-0.2, -0.15) is 0 Å². The summed E-state index contributed by atoms with van der Waals surface area (Å²) >= 11 is 1.46. The fourth-order valence-electron chi connectivity index (χ4n) is 9.17. The maximum Gasteiger partial charge on any atom is 0.321 e. The van der Waals surface area contributed by atoms with Crippen LogP contribution in [-0.2, 0) is 22.6 Å². The zero-order valence-electron chi connectivity index (χ0n) is 29.0. The lowest BCUT2D eigenvalue weighted by molar-refractivity contribution is -0.139. The first-order valence-electron chi connectivity index (χ1n) is 18.2. The summed E-state index contributed by atoms with van der Waals surface area (Å²) in [7, 11) is 0. The van der Waals surface area contributed by atoms with Gasteiger partial charge in [0.05, 0.1) is 23.4 Å². The molecule has 4 heterocycles. The van der Waals surface area contributed by atoms with E-state index < -0.39 is 12.0 Å². The first-order valence-corrected chi connectivity index (χ1v) is 19.0. The number of anilines is 2. The number of nitrogens with one attached hydrogen (secondary N) is 2. The second-order valence-electron chi connectivity index (χ2n) is 14.9. The predicted octanol–water partition coefficient (Wildman–Crippen LogP) is 6.02. The minimum Gasteiger partial charge on any atom is -0.493 e. The molecule has 1 aliphatic carbocycles. The Hall–Kier alpha value is -4.32. The average Bonchev–Trinajstić information content (AvgIpc) is 3.78. The predicted molar refractivity (Wildman–Crippen MR) is 199 cm³/mol. The number of ether oxygens (including phenoxy) is 1. The monoisotopic (exact) mass is 707 g/mol. The number of hydrogen-bond donors (Lipinski definition) is 3. The van der Waals surface area contributed by atoms with Gasteiger partial charge in [-0.15, -0.1) is 0 Å². The maximum absolute atomic E-state index is 13.7. The van der Waals surface area contributed by atoms with Crippen molar-refractivity contribution in [3.05, 3.63) is 82.4 Å². The van der Waals surface area contributed by atoms with Crippen LogP contribution >= 0.6 is 11.3 Å². The van der Waals surface area contributed by atoms with Gasteiger partial charge in [0.1, 0.15) is 18.1 Å². The van der Waals surface area contributed by atoms with Crippen LogP contribution in [0.2, 0.25) is 0 Å². The van der Waals surface area contributed by atoms with Crippen LogP contribution in [0.15, 0.2) is 54.6 Å². The minimum atomic E-state index is -0.842. The van der Waals surface area contributed by atoms with Gasteiger partial charge in [-0.3, -0.25) is 19.8 Å². The largest absolute Gasteiger partial charge is 0.493 e. The molecule has 3 aliphatic heterocycles. The molecule has 1 amide bonds. The number of amides is 1. The van der Waals surface area contributed by atoms with Crippen LogP contribution in [0, 0.1) is 18.3 Å². The van der Waals surface area contributed by atoms with E-state index in [1.807, 2.05) is 36.4 Å². The molecule has 2 unspecified atom stereocenters. The lowest BCUT2D eigenvalue weighted by Crippen LogP contribution is -2.48. The number of para-hydroxylation sites is 1. The van der Waals surface area contributed by atoms with Crippen molar-refractivity contribution < 1.29 is 24.2 Å².